The summed E-state index contributed by atoms with van der Waals surface area (Å²) in [4.78, 5) is 0. The van der Waals surface area contributed by atoms with E-state index in [1.807, 2.05) is 11.4 Å². The van der Waals surface area contributed by atoms with Gasteiger partial charge in [-0.1, -0.05) is 0 Å². The highest BCUT2D eigenvalue weighted by Gasteiger charge is 2.33. The molecule has 0 saturated heterocycles. The van der Waals surface area contributed by atoms with E-state index in [4.69, 9.17) is 4.42 Å². The van der Waals surface area contributed by atoms with Gasteiger partial charge in [-0.3, -0.25) is 5.10 Å². The van der Waals surface area contributed by atoms with E-state index in [9.17, 15) is 26.7 Å². The van der Waals surface area contributed by atoms with Crippen molar-refractivity contribution < 1.29 is 31.1 Å². The maximum Gasteiger partial charge on any atom is 0.432 e. The van der Waals surface area contributed by atoms with E-state index in [1.165, 1.54) is 17.8 Å². The quantitative estimate of drug-likeness (QED) is 0.627. The first kappa shape index (κ1) is 19.8. The zero-order valence-corrected chi connectivity index (χ0v) is 14.6. The van der Waals surface area contributed by atoms with E-state index in [0.29, 0.717) is 12.2 Å². The zero-order chi connectivity index (χ0) is 18.7. The Morgan fingerprint density at radius 2 is 2.16 bits per heavy atom. The van der Waals surface area contributed by atoms with Crippen molar-refractivity contribution in [1.29, 1.82) is 0 Å². The molecule has 0 aromatic carbocycles. The largest absolute Gasteiger partial charge is 0.442 e. The van der Waals surface area contributed by atoms with Gasteiger partial charge in [-0.2, -0.15) is 30.0 Å². The van der Waals surface area contributed by atoms with Crippen molar-refractivity contribution >= 4 is 21.8 Å². The summed E-state index contributed by atoms with van der Waals surface area (Å²) in [6.07, 6.45) is -2.33. The molecule has 140 valence electrons. The molecule has 12 heteroatoms. The van der Waals surface area contributed by atoms with Gasteiger partial charge in [0.05, 0.1) is 6.61 Å². The number of hydrogen-bond acceptors (Lipinski definition) is 6. The minimum absolute atomic E-state index is 0.128. The van der Waals surface area contributed by atoms with Gasteiger partial charge in [0.2, 0.25) is 5.09 Å². The minimum atomic E-state index is -4.60. The summed E-state index contributed by atoms with van der Waals surface area (Å²) in [5.74, 6) is 0.516. The highest BCUT2D eigenvalue weighted by atomic mass is 32.2. The molecule has 1 atom stereocenters. The first-order chi connectivity index (χ1) is 11.7. The predicted molar refractivity (Wildman–Crippen MR) is 85.5 cm³/mol. The number of rotatable bonds is 8. The summed E-state index contributed by atoms with van der Waals surface area (Å²) in [5, 5.41) is 14.1. The number of H-pyrrole nitrogens is 1. The Hall–Kier alpha value is -1.50. The SMILES string of the molecule is CSCC[C@@H](CO)NS(=O)(=O)c1ccc(-c2cc(C(F)(F)F)[nH]n2)o1. The number of aromatic amines is 1. The number of aliphatic hydroxyl groups is 1. The third-order valence-corrected chi connectivity index (χ3v) is 5.23. The van der Waals surface area contributed by atoms with Crippen molar-refractivity contribution in [1.82, 2.24) is 14.9 Å². The van der Waals surface area contributed by atoms with E-state index >= 15 is 0 Å². The molecule has 2 aromatic heterocycles. The van der Waals surface area contributed by atoms with Crippen LogP contribution in [0.15, 0.2) is 27.7 Å². The van der Waals surface area contributed by atoms with Crippen molar-refractivity contribution in [2.24, 2.45) is 0 Å². The van der Waals surface area contributed by atoms with Gasteiger partial charge in [0.15, 0.2) is 5.76 Å². The summed E-state index contributed by atoms with van der Waals surface area (Å²) >= 11 is 1.50. The monoisotopic (exact) mass is 399 g/mol. The fourth-order valence-corrected chi connectivity index (χ4v) is 3.63. The summed E-state index contributed by atoms with van der Waals surface area (Å²) in [5.41, 5.74) is -1.24. The van der Waals surface area contributed by atoms with Gasteiger partial charge < -0.3 is 9.52 Å². The number of sulfonamides is 1. The number of hydrogen-bond donors (Lipinski definition) is 3. The van der Waals surface area contributed by atoms with E-state index in [-0.39, 0.29) is 18.1 Å². The van der Waals surface area contributed by atoms with Crippen molar-refractivity contribution in [3.8, 4) is 11.5 Å². The number of halogens is 3. The van der Waals surface area contributed by atoms with E-state index in [0.717, 1.165) is 12.1 Å². The lowest BCUT2D eigenvalue weighted by atomic mass is 10.3. The Kier molecular flexibility index (Phi) is 6.19. The van der Waals surface area contributed by atoms with Crippen LogP contribution in [0.5, 0.6) is 0 Å². The lowest BCUT2D eigenvalue weighted by Gasteiger charge is -2.14. The molecule has 0 amide bonds. The maximum absolute atomic E-state index is 12.6. The van der Waals surface area contributed by atoms with Gasteiger partial charge in [-0.25, -0.2) is 13.1 Å². The molecule has 7 nitrogen and oxygen atoms in total. The van der Waals surface area contributed by atoms with Crippen molar-refractivity contribution in [3.63, 3.8) is 0 Å². The molecule has 0 radical (unpaired) electrons. The van der Waals surface area contributed by atoms with Crippen LogP contribution >= 0.6 is 11.8 Å². The average Bonchev–Trinajstić information content (AvgIpc) is 3.18. The minimum Gasteiger partial charge on any atom is -0.442 e. The van der Waals surface area contributed by atoms with Crippen LogP contribution in [0.1, 0.15) is 12.1 Å². The van der Waals surface area contributed by atoms with E-state index < -0.39 is 33.0 Å². The molecule has 2 aromatic rings. The number of nitrogens with zero attached hydrogens (tertiary/aromatic N) is 1. The highest BCUT2D eigenvalue weighted by molar-refractivity contribution is 7.98. The standard InChI is InChI=1S/C13H16F3N3O4S2/c1-24-5-4-8(7-20)19-25(21,22)12-3-2-10(23-12)9-6-11(18-17-9)13(14,15)16/h2-3,6,8,19-20H,4-5,7H2,1H3,(H,17,18)/t8-/m0/s1. The maximum atomic E-state index is 12.6. The lowest BCUT2D eigenvalue weighted by molar-refractivity contribution is -0.141. The van der Waals surface area contributed by atoms with Crippen LogP contribution in [-0.2, 0) is 16.2 Å². The lowest BCUT2D eigenvalue weighted by Crippen LogP contribution is -2.37. The Balaban J connectivity index is 2.18. The molecule has 2 rings (SSSR count). The molecule has 0 aliphatic carbocycles. The third kappa shape index (κ3) is 5.00. The molecule has 25 heavy (non-hydrogen) atoms. The second-order valence-corrected chi connectivity index (χ2v) is 7.70. The normalized spacial score (nSPS) is 14.0. The first-order valence-corrected chi connectivity index (χ1v) is 9.90. The molecular formula is C13H16F3N3O4S2. The number of alkyl halides is 3. The molecule has 0 saturated carbocycles. The topological polar surface area (TPSA) is 108 Å². The molecule has 0 aliphatic heterocycles. The number of aromatic nitrogens is 2. The third-order valence-electron chi connectivity index (χ3n) is 3.19. The molecular weight excluding hydrogens is 383 g/mol. The predicted octanol–water partition coefficient (Wildman–Crippen LogP) is 2.08. The second-order valence-electron chi connectivity index (χ2n) is 5.07. The van der Waals surface area contributed by atoms with Gasteiger partial charge in [0, 0.05) is 6.04 Å². The molecule has 3 N–H and O–H groups in total. The first-order valence-electron chi connectivity index (χ1n) is 7.02. The van der Waals surface area contributed by atoms with Gasteiger partial charge in [0.25, 0.3) is 10.0 Å². The molecule has 2 heterocycles. The number of nitrogens with one attached hydrogen (secondary N) is 2. The Morgan fingerprint density at radius 1 is 1.44 bits per heavy atom. The van der Waals surface area contributed by atoms with Gasteiger partial charge in [-0.15, -0.1) is 0 Å². The molecule has 0 spiro atoms. The van der Waals surface area contributed by atoms with Crippen LogP contribution < -0.4 is 4.72 Å². The zero-order valence-electron chi connectivity index (χ0n) is 13.0. The Labute approximate surface area is 146 Å². The van der Waals surface area contributed by atoms with Crippen LogP contribution in [0.4, 0.5) is 13.2 Å². The van der Waals surface area contributed by atoms with Crippen molar-refractivity contribution in [2.75, 3.05) is 18.6 Å². The van der Waals surface area contributed by atoms with Crippen LogP contribution in [0.2, 0.25) is 0 Å². The van der Waals surface area contributed by atoms with Gasteiger partial charge in [0.1, 0.15) is 11.4 Å². The molecule has 0 bridgehead atoms. The summed E-state index contributed by atoms with van der Waals surface area (Å²) in [7, 11) is -4.06. The fourth-order valence-electron chi connectivity index (χ4n) is 1.92. The Morgan fingerprint density at radius 3 is 2.72 bits per heavy atom. The van der Waals surface area contributed by atoms with Crippen molar-refractivity contribution in [2.45, 2.75) is 23.7 Å². The number of aliphatic hydroxyl groups excluding tert-OH is 1. The smallest absolute Gasteiger partial charge is 0.432 e. The summed E-state index contributed by atoms with van der Waals surface area (Å²) in [6.45, 7) is -0.387. The highest BCUT2D eigenvalue weighted by Crippen LogP contribution is 2.31. The molecule has 0 unspecified atom stereocenters. The van der Waals surface area contributed by atoms with Crippen LogP contribution in [-0.4, -0.2) is 48.4 Å². The van der Waals surface area contributed by atoms with E-state index in [1.54, 1.807) is 0 Å². The van der Waals surface area contributed by atoms with Crippen LogP contribution in [0.3, 0.4) is 0 Å². The second kappa shape index (κ2) is 7.81. The summed E-state index contributed by atoms with van der Waals surface area (Å²) in [6, 6.07) is 2.36. The van der Waals surface area contributed by atoms with Crippen LogP contribution in [0.25, 0.3) is 11.5 Å². The van der Waals surface area contributed by atoms with Gasteiger partial charge >= 0.3 is 6.18 Å². The molecule has 0 aliphatic rings. The van der Waals surface area contributed by atoms with Gasteiger partial charge in [-0.05, 0) is 36.6 Å². The summed E-state index contributed by atoms with van der Waals surface area (Å²) < 4.78 is 69.6. The average molecular weight is 399 g/mol. The number of thioether (sulfide) groups is 1. The van der Waals surface area contributed by atoms with Crippen LogP contribution in [0, 0.1) is 0 Å². The van der Waals surface area contributed by atoms with Crippen molar-refractivity contribution in [3.05, 3.63) is 23.9 Å². The molecule has 0 fully saturated rings. The Bertz CT molecular complexity index is 802. The van der Waals surface area contributed by atoms with E-state index in [2.05, 4.69) is 9.82 Å². The number of furan rings is 1. The fraction of sp³-hybridized carbons (Fsp3) is 0.462.